The lowest BCUT2D eigenvalue weighted by molar-refractivity contribution is 0.0730. The van der Waals surface area contributed by atoms with E-state index in [0.717, 1.165) is 17.5 Å². The second-order valence-electron chi connectivity index (χ2n) is 5.80. The number of fused-ring (bicyclic) bond motifs is 1. The van der Waals surface area contributed by atoms with Crippen LogP contribution in [-0.4, -0.2) is 65.5 Å². The summed E-state index contributed by atoms with van der Waals surface area (Å²) in [6, 6.07) is 5.89. The van der Waals surface area contributed by atoms with Crippen molar-refractivity contribution in [1.29, 1.82) is 0 Å². The van der Waals surface area contributed by atoms with Gasteiger partial charge in [0.25, 0.3) is 5.91 Å². The van der Waals surface area contributed by atoms with Gasteiger partial charge in [-0.3, -0.25) is 14.7 Å². The number of amides is 1. The lowest BCUT2D eigenvalue weighted by Gasteiger charge is -2.26. The SMILES string of the molecule is O=C(Nc1nnc2n1CCS2)c1ccc(S(=O)(=O)N2CCOCC2)cc1. The van der Waals surface area contributed by atoms with Crippen LogP contribution in [0, 0.1) is 0 Å². The molecule has 2 aromatic rings. The van der Waals surface area contributed by atoms with Gasteiger partial charge in [-0.2, -0.15) is 4.31 Å². The van der Waals surface area contributed by atoms with E-state index in [0.29, 0.717) is 37.8 Å². The molecule has 0 bridgehead atoms. The van der Waals surface area contributed by atoms with E-state index in [1.165, 1.54) is 28.6 Å². The highest BCUT2D eigenvalue weighted by Gasteiger charge is 2.26. The van der Waals surface area contributed by atoms with Crippen molar-refractivity contribution in [2.24, 2.45) is 0 Å². The Bertz CT molecular complexity index is 920. The topological polar surface area (TPSA) is 106 Å². The average Bonchev–Trinajstić information content (AvgIpc) is 3.28. The first-order valence-corrected chi connectivity index (χ1v) is 10.5. The average molecular weight is 395 g/mol. The predicted molar refractivity (Wildman–Crippen MR) is 94.7 cm³/mol. The Hall–Kier alpha value is -1.95. The Morgan fingerprint density at radius 1 is 1.12 bits per heavy atom. The Kier molecular flexibility index (Phi) is 4.69. The van der Waals surface area contributed by atoms with E-state index in [9.17, 15) is 13.2 Å². The Morgan fingerprint density at radius 3 is 2.58 bits per heavy atom. The van der Waals surface area contributed by atoms with Gasteiger partial charge >= 0.3 is 0 Å². The van der Waals surface area contributed by atoms with Crippen LogP contribution in [0.5, 0.6) is 0 Å². The zero-order chi connectivity index (χ0) is 18.1. The molecule has 1 amide bonds. The number of sulfonamides is 1. The molecule has 1 N–H and O–H groups in total. The number of nitrogens with one attached hydrogen (secondary N) is 1. The Labute approximate surface area is 154 Å². The van der Waals surface area contributed by atoms with E-state index in [1.54, 1.807) is 11.8 Å². The fraction of sp³-hybridized carbons (Fsp3) is 0.400. The van der Waals surface area contributed by atoms with Gasteiger partial charge < -0.3 is 4.74 Å². The summed E-state index contributed by atoms with van der Waals surface area (Å²) in [5, 5.41) is 11.5. The van der Waals surface area contributed by atoms with Gasteiger partial charge in [0.2, 0.25) is 16.0 Å². The zero-order valence-electron chi connectivity index (χ0n) is 13.8. The Balaban J connectivity index is 1.49. The number of hydrogen-bond acceptors (Lipinski definition) is 7. The number of nitrogens with zero attached hydrogens (tertiary/aromatic N) is 4. The molecule has 2 aliphatic heterocycles. The summed E-state index contributed by atoms with van der Waals surface area (Å²) < 4.78 is 33.6. The zero-order valence-corrected chi connectivity index (χ0v) is 15.4. The van der Waals surface area contributed by atoms with Gasteiger partial charge in [-0.05, 0) is 24.3 Å². The van der Waals surface area contributed by atoms with Gasteiger partial charge in [0.15, 0.2) is 5.16 Å². The van der Waals surface area contributed by atoms with Gasteiger partial charge in [-0.25, -0.2) is 8.42 Å². The van der Waals surface area contributed by atoms with Crippen molar-refractivity contribution in [2.45, 2.75) is 16.6 Å². The lowest BCUT2D eigenvalue weighted by atomic mass is 10.2. The second-order valence-corrected chi connectivity index (χ2v) is 8.80. The molecule has 11 heteroatoms. The summed E-state index contributed by atoms with van der Waals surface area (Å²) in [6.45, 7) is 2.20. The highest BCUT2D eigenvalue weighted by molar-refractivity contribution is 7.99. The molecule has 0 aliphatic carbocycles. The van der Waals surface area contributed by atoms with Gasteiger partial charge in [0, 0.05) is 31.0 Å². The molecule has 1 saturated heterocycles. The van der Waals surface area contributed by atoms with Crippen LogP contribution in [0.25, 0.3) is 0 Å². The normalized spacial score (nSPS) is 17.8. The molecule has 2 aliphatic rings. The molecule has 26 heavy (non-hydrogen) atoms. The second kappa shape index (κ2) is 6.99. The number of thioether (sulfide) groups is 1. The van der Waals surface area contributed by atoms with E-state index in [1.807, 2.05) is 4.57 Å². The molecular formula is C15H17N5O4S2. The summed E-state index contributed by atoms with van der Waals surface area (Å²) in [6.07, 6.45) is 0. The largest absolute Gasteiger partial charge is 0.379 e. The molecule has 1 fully saturated rings. The lowest BCUT2D eigenvalue weighted by Crippen LogP contribution is -2.40. The minimum absolute atomic E-state index is 0.163. The van der Waals surface area contributed by atoms with Gasteiger partial charge in [-0.1, -0.05) is 11.8 Å². The van der Waals surface area contributed by atoms with Crippen molar-refractivity contribution < 1.29 is 17.9 Å². The number of anilines is 1. The number of aromatic nitrogens is 3. The first-order valence-electron chi connectivity index (χ1n) is 8.11. The number of ether oxygens (including phenoxy) is 1. The number of benzene rings is 1. The molecule has 0 atom stereocenters. The van der Waals surface area contributed by atoms with E-state index in [4.69, 9.17) is 4.74 Å². The van der Waals surface area contributed by atoms with E-state index >= 15 is 0 Å². The fourth-order valence-electron chi connectivity index (χ4n) is 2.81. The molecule has 0 radical (unpaired) electrons. The van der Waals surface area contributed by atoms with Crippen LogP contribution in [0.15, 0.2) is 34.3 Å². The third kappa shape index (κ3) is 3.22. The number of carbonyl (C=O) groups is 1. The highest BCUT2D eigenvalue weighted by atomic mass is 32.2. The van der Waals surface area contributed by atoms with Crippen LogP contribution in [0.4, 0.5) is 5.95 Å². The molecule has 138 valence electrons. The van der Waals surface area contributed by atoms with Crippen molar-refractivity contribution in [2.75, 3.05) is 37.4 Å². The van der Waals surface area contributed by atoms with Gasteiger partial charge in [0.1, 0.15) is 0 Å². The molecule has 0 spiro atoms. The first kappa shape index (κ1) is 17.5. The predicted octanol–water partition coefficient (Wildman–Crippen LogP) is 0.657. The molecule has 1 aromatic heterocycles. The van der Waals surface area contributed by atoms with Crippen molar-refractivity contribution in [3.63, 3.8) is 0 Å². The van der Waals surface area contributed by atoms with E-state index < -0.39 is 10.0 Å². The number of morpholine rings is 1. The van der Waals surface area contributed by atoms with Crippen LogP contribution in [0.2, 0.25) is 0 Å². The quantitative estimate of drug-likeness (QED) is 0.810. The number of hydrogen-bond donors (Lipinski definition) is 1. The summed E-state index contributed by atoms with van der Waals surface area (Å²) in [5.41, 5.74) is 0.355. The summed E-state index contributed by atoms with van der Waals surface area (Å²) in [5.74, 6) is 0.953. The highest BCUT2D eigenvalue weighted by Crippen LogP contribution is 2.26. The number of carbonyl (C=O) groups excluding carboxylic acids is 1. The van der Waals surface area contributed by atoms with Crippen LogP contribution in [-0.2, 0) is 21.3 Å². The van der Waals surface area contributed by atoms with E-state index in [2.05, 4.69) is 15.5 Å². The maximum atomic E-state index is 12.6. The molecule has 4 rings (SSSR count). The standard InChI is InChI=1S/C15H17N5O4S2/c21-13(16-14-17-18-15-20(14)7-10-25-15)11-1-3-12(4-2-11)26(22,23)19-5-8-24-9-6-19/h1-4H,5-10H2,(H,16,17,21). The van der Waals surface area contributed by atoms with Crippen LogP contribution in [0.1, 0.15) is 10.4 Å². The third-order valence-electron chi connectivity index (χ3n) is 4.21. The van der Waals surface area contributed by atoms with Crippen LogP contribution in [0.3, 0.4) is 0 Å². The molecule has 1 aromatic carbocycles. The van der Waals surface area contributed by atoms with Crippen LogP contribution >= 0.6 is 11.8 Å². The minimum atomic E-state index is -3.57. The van der Waals surface area contributed by atoms with Crippen molar-refractivity contribution in [1.82, 2.24) is 19.1 Å². The first-order chi connectivity index (χ1) is 12.6. The fourth-order valence-corrected chi connectivity index (χ4v) is 5.10. The van der Waals surface area contributed by atoms with Crippen molar-refractivity contribution >= 4 is 33.6 Å². The van der Waals surface area contributed by atoms with E-state index in [-0.39, 0.29) is 10.8 Å². The third-order valence-corrected chi connectivity index (χ3v) is 7.07. The number of rotatable bonds is 4. The minimum Gasteiger partial charge on any atom is -0.379 e. The smallest absolute Gasteiger partial charge is 0.258 e. The summed E-state index contributed by atoms with van der Waals surface area (Å²) >= 11 is 1.59. The van der Waals surface area contributed by atoms with Crippen molar-refractivity contribution in [3.8, 4) is 0 Å². The Morgan fingerprint density at radius 2 is 1.85 bits per heavy atom. The van der Waals surface area contributed by atoms with Gasteiger partial charge in [0.05, 0.1) is 18.1 Å². The summed E-state index contributed by atoms with van der Waals surface area (Å²) in [7, 11) is -3.57. The molecule has 9 nitrogen and oxygen atoms in total. The molecule has 0 saturated carbocycles. The molecule has 3 heterocycles. The maximum Gasteiger partial charge on any atom is 0.258 e. The van der Waals surface area contributed by atoms with Gasteiger partial charge in [-0.15, -0.1) is 10.2 Å². The molecular weight excluding hydrogens is 378 g/mol. The van der Waals surface area contributed by atoms with Crippen LogP contribution < -0.4 is 5.32 Å². The summed E-state index contributed by atoms with van der Waals surface area (Å²) in [4.78, 5) is 12.6. The maximum absolute atomic E-state index is 12.6. The monoisotopic (exact) mass is 395 g/mol. The van der Waals surface area contributed by atoms with Crippen molar-refractivity contribution in [3.05, 3.63) is 29.8 Å². The molecule has 0 unspecified atom stereocenters.